The number of carbonyl (C=O) groups is 1. The van der Waals surface area contributed by atoms with Crippen molar-refractivity contribution in [3.8, 4) is 0 Å². The predicted molar refractivity (Wildman–Crippen MR) is 85.8 cm³/mol. The second-order valence-corrected chi connectivity index (χ2v) is 6.19. The first-order valence-electron chi connectivity index (χ1n) is 7.55. The first-order chi connectivity index (χ1) is 10.1. The minimum Gasteiger partial charge on any atom is -0.394 e. The van der Waals surface area contributed by atoms with Crippen LogP contribution >= 0.6 is 11.3 Å². The minimum absolute atomic E-state index is 0.00729. The lowest BCUT2D eigenvalue weighted by molar-refractivity contribution is 0.0508. The van der Waals surface area contributed by atoms with Crippen LogP contribution in [0.3, 0.4) is 0 Å². The van der Waals surface area contributed by atoms with Crippen molar-refractivity contribution in [2.24, 2.45) is 0 Å². The lowest BCUT2D eigenvalue weighted by Crippen LogP contribution is -2.45. The highest BCUT2D eigenvalue weighted by Gasteiger charge is 2.30. The quantitative estimate of drug-likeness (QED) is 0.862. The van der Waals surface area contributed by atoms with E-state index in [-0.39, 0.29) is 18.6 Å². The van der Waals surface area contributed by atoms with Crippen molar-refractivity contribution in [1.29, 1.82) is 0 Å². The van der Waals surface area contributed by atoms with Crippen molar-refractivity contribution < 1.29 is 9.90 Å². The molecule has 1 aliphatic rings. The fraction of sp³-hybridized carbons (Fsp3) is 0.714. The molecule has 1 fully saturated rings. The number of piperidine rings is 1. The Labute approximate surface area is 129 Å². The summed E-state index contributed by atoms with van der Waals surface area (Å²) < 4.78 is 0. The Kier molecular flexibility index (Phi) is 5.41. The highest BCUT2D eigenvalue weighted by molar-refractivity contribution is 7.18. The minimum atomic E-state index is -0.0952. The molecule has 3 N–H and O–H groups in total. The number of aliphatic hydroxyl groups excluding tert-OH is 1. The van der Waals surface area contributed by atoms with E-state index in [4.69, 9.17) is 5.73 Å². The summed E-state index contributed by atoms with van der Waals surface area (Å²) in [7, 11) is 0. The highest BCUT2D eigenvalue weighted by atomic mass is 32.1. The van der Waals surface area contributed by atoms with Gasteiger partial charge in [-0.15, -0.1) is 0 Å². The Hall–Kier alpha value is -1.34. The summed E-state index contributed by atoms with van der Waals surface area (Å²) in [6.45, 7) is 6.46. The number of hydrogen-bond donors (Lipinski definition) is 2. The van der Waals surface area contributed by atoms with E-state index in [1.165, 1.54) is 11.3 Å². The van der Waals surface area contributed by atoms with Crippen molar-refractivity contribution in [1.82, 2.24) is 9.88 Å². The van der Waals surface area contributed by atoms with Crippen LogP contribution in [0.1, 0.15) is 42.8 Å². The number of aromatic nitrogens is 1. The number of rotatable bonds is 5. The van der Waals surface area contributed by atoms with Gasteiger partial charge in [0.15, 0.2) is 5.13 Å². The van der Waals surface area contributed by atoms with Crippen LogP contribution in [0, 0.1) is 0 Å². The summed E-state index contributed by atoms with van der Waals surface area (Å²) in [5, 5.41) is 10.2. The fourth-order valence-corrected chi connectivity index (χ4v) is 3.76. The van der Waals surface area contributed by atoms with Gasteiger partial charge in [0.2, 0.25) is 0 Å². The molecule has 1 atom stereocenters. The molecule has 0 aliphatic carbocycles. The molecule has 2 heterocycles. The molecule has 1 amide bonds. The number of anilines is 2. The Morgan fingerprint density at radius 1 is 1.48 bits per heavy atom. The summed E-state index contributed by atoms with van der Waals surface area (Å²) in [6.07, 6.45) is 2.88. The molecule has 21 heavy (non-hydrogen) atoms. The molecule has 1 saturated heterocycles. The van der Waals surface area contributed by atoms with Gasteiger partial charge >= 0.3 is 0 Å². The zero-order chi connectivity index (χ0) is 15.4. The molecule has 0 saturated carbocycles. The third-order valence-corrected chi connectivity index (χ3v) is 5.09. The summed E-state index contributed by atoms with van der Waals surface area (Å²) in [5.74, 6) is 0.205. The average molecular weight is 312 g/mol. The number of aliphatic hydroxyl groups is 1. The summed E-state index contributed by atoms with van der Waals surface area (Å²) in [4.78, 5) is 21.3. The molecule has 2 rings (SSSR count). The van der Waals surface area contributed by atoms with E-state index in [2.05, 4.69) is 23.7 Å². The number of hydrogen-bond acceptors (Lipinski definition) is 6. The maximum Gasteiger partial charge on any atom is 0.268 e. The second-order valence-electron chi connectivity index (χ2n) is 5.21. The highest BCUT2D eigenvalue weighted by Crippen LogP contribution is 2.30. The van der Waals surface area contributed by atoms with Crippen LogP contribution in [0.4, 0.5) is 10.9 Å². The van der Waals surface area contributed by atoms with Crippen LogP contribution in [-0.2, 0) is 0 Å². The number of thiazole rings is 1. The predicted octanol–water partition coefficient (Wildman–Crippen LogP) is 1.56. The molecule has 6 nitrogen and oxygen atoms in total. The van der Waals surface area contributed by atoms with E-state index in [1.807, 2.05) is 0 Å². The van der Waals surface area contributed by atoms with Crippen molar-refractivity contribution in [2.45, 2.75) is 39.2 Å². The van der Waals surface area contributed by atoms with Crippen molar-refractivity contribution >= 4 is 28.2 Å². The van der Waals surface area contributed by atoms with E-state index in [0.29, 0.717) is 17.2 Å². The van der Waals surface area contributed by atoms with Gasteiger partial charge in [0.05, 0.1) is 12.6 Å². The first-order valence-corrected chi connectivity index (χ1v) is 8.37. The topological polar surface area (TPSA) is 82.7 Å². The van der Waals surface area contributed by atoms with Crippen LogP contribution in [0.15, 0.2) is 0 Å². The van der Waals surface area contributed by atoms with Crippen LogP contribution < -0.4 is 10.6 Å². The lowest BCUT2D eigenvalue weighted by atomic mass is 10.0. The molecule has 0 radical (unpaired) electrons. The molecule has 7 heteroatoms. The van der Waals surface area contributed by atoms with Crippen molar-refractivity contribution in [3.05, 3.63) is 4.88 Å². The number of carbonyl (C=O) groups excluding carboxylic acids is 1. The number of nitrogens with two attached hydrogens (primary N) is 1. The summed E-state index contributed by atoms with van der Waals surface area (Å²) >= 11 is 1.35. The largest absolute Gasteiger partial charge is 0.394 e. The molecule has 0 bridgehead atoms. The lowest BCUT2D eigenvalue weighted by Gasteiger charge is -2.34. The standard InChI is InChI=1S/C14H24N4O2S/c1-3-17(4-2)14-16-12(15)11(21-14)13(20)18-8-6-5-7-10(18)9-19/h10,19H,3-9,15H2,1-2H3. The Bertz CT molecular complexity index is 487. The van der Waals surface area contributed by atoms with Crippen LogP contribution in [0.25, 0.3) is 0 Å². The van der Waals surface area contributed by atoms with Crippen LogP contribution in [-0.4, -0.2) is 53.2 Å². The van der Waals surface area contributed by atoms with Gasteiger partial charge < -0.3 is 20.6 Å². The van der Waals surface area contributed by atoms with Gasteiger partial charge in [0.1, 0.15) is 10.7 Å². The Morgan fingerprint density at radius 2 is 2.19 bits per heavy atom. The van der Waals surface area contributed by atoms with Crippen molar-refractivity contribution in [2.75, 3.05) is 36.9 Å². The van der Waals surface area contributed by atoms with E-state index >= 15 is 0 Å². The second kappa shape index (κ2) is 7.09. The number of nitrogen functional groups attached to an aromatic ring is 1. The number of likely N-dealkylation sites (tertiary alicyclic amines) is 1. The molecule has 0 aromatic carbocycles. The molecule has 0 spiro atoms. The monoisotopic (exact) mass is 312 g/mol. The Balaban J connectivity index is 2.22. The number of amides is 1. The maximum absolute atomic E-state index is 12.7. The molecule has 1 aromatic rings. The zero-order valence-electron chi connectivity index (χ0n) is 12.7. The van der Waals surface area contributed by atoms with Crippen LogP contribution in [0.2, 0.25) is 0 Å². The molecule has 1 unspecified atom stereocenters. The van der Waals surface area contributed by atoms with E-state index in [9.17, 15) is 9.90 Å². The summed E-state index contributed by atoms with van der Waals surface area (Å²) in [5.41, 5.74) is 5.95. The van der Waals surface area contributed by atoms with Crippen molar-refractivity contribution in [3.63, 3.8) is 0 Å². The smallest absolute Gasteiger partial charge is 0.268 e. The molecular weight excluding hydrogens is 288 g/mol. The molecule has 118 valence electrons. The van der Waals surface area contributed by atoms with Gasteiger partial charge in [-0.1, -0.05) is 11.3 Å². The van der Waals surface area contributed by atoms with Gasteiger partial charge in [0.25, 0.3) is 5.91 Å². The molecule has 1 aromatic heterocycles. The van der Waals surface area contributed by atoms with Gasteiger partial charge in [-0.25, -0.2) is 4.98 Å². The van der Waals surface area contributed by atoms with Crippen LogP contribution in [0.5, 0.6) is 0 Å². The Morgan fingerprint density at radius 3 is 2.81 bits per heavy atom. The fourth-order valence-electron chi connectivity index (χ4n) is 2.69. The SMILES string of the molecule is CCN(CC)c1nc(N)c(C(=O)N2CCCCC2CO)s1. The number of nitrogens with zero attached hydrogens (tertiary/aromatic N) is 3. The van der Waals surface area contributed by atoms with E-state index in [0.717, 1.165) is 37.5 Å². The zero-order valence-corrected chi connectivity index (χ0v) is 13.5. The van der Waals surface area contributed by atoms with Gasteiger partial charge in [0, 0.05) is 19.6 Å². The van der Waals surface area contributed by atoms with E-state index in [1.54, 1.807) is 4.90 Å². The average Bonchev–Trinajstić information content (AvgIpc) is 2.89. The van der Waals surface area contributed by atoms with Gasteiger partial charge in [-0.3, -0.25) is 4.79 Å². The molecular formula is C14H24N4O2S. The maximum atomic E-state index is 12.7. The van der Waals surface area contributed by atoms with Gasteiger partial charge in [-0.2, -0.15) is 0 Å². The third-order valence-electron chi connectivity index (χ3n) is 3.97. The normalized spacial score (nSPS) is 18.8. The third kappa shape index (κ3) is 3.29. The summed E-state index contributed by atoms with van der Waals surface area (Å²) in [6, 6.07) is -0.0929. The van der Waals surface area contributed by atoms with Gasteiger partial charge in [-0.05, 0) is 33.1 Å². The molecule has 1 aliphatic heterocycles. The first kappa shape index (κ1) is 16.0. The van der Waals surface area contributed by atoms with E-state index < -0.39 is 0 Å².